The first-order valence-electron chi connectivity index (χ1n) is 14.1. The van der Waals surface area contributed by atoms with E-state index in [0.29, 0.717) is 60.9 Å². The van der Waals surface area contributed by atoms with E-state index in [9.17, 15) is 14.9 Å². The second-order valence-electron chi connectivity index (χ2n) is 11.0. The Morgan fingerprint density at radius 1 is 0.952 bits per heavy atom. The fourth-order valence-electron chi connectivity index (χ4n) is 4.33. The van der Waals surface area contributed by atoms with Gasteiger partial charge in [0.05, 0.1) is 18.2 Å². The molecule has 0 atom stereocenters. The van der Waals surface area contributed by atoms with Gasteiger partial charge in [-0.3, -0.25) is 4.79 Å². The van der Waals surface area contributed by atoms with E-state index < -0.39 is 5.60 Å². The maximum absolute atomic E-state index is 12.7. The molecule has 0 aromatic heterocycles. The van der Waals surface area contributed by atoms with E-state index in [2.05, 4.69) is 11.4 Å². The van der Waals surface area contributed by atoms with Gasteiger partial charge in [-0.2, -0.15) is 5.26 Å². The van der Waals surface area contributed by atoms with Gasteiger partial charge in [-0.25, -0.2) is 4.79 Å². The van der Waals surface area contributed by atoms with Crippen molar-refractivity contribution in [3.05, 3.63) is 89.5 Å². The van der Waals surface area contributed by atoms with Crippen molar-refractivity contribution < 1.29 is 28.5 Å². The quantitative estimate of drug-likeness (QED) is 0.310. The molecule has 3 aromatic carbocycles. The van der Waals surface area contributed by atoms with Crippen molar-refractivity contribution in [3.8, 4) is 23.3 Å². The first-order valence-corrected chi connectivity index (χ1v) is 14.1. The smallest absolute Gasteiger partial charge is 0.410 e. The van der Waals surface area contributed by atoms with Crippen molar-refractivity contribution in [3.63, 3.8) is 0 Å². The first kappa shape index (κ1) is 30.3. The molecule has 1 fully saturated rings. The van der Waals surface area contributed by atoms with Crippen LogP contribution in [0.3, 0.4) is 0 Å². The van der Waals surface area contributed by atoms with Gasteiger partial charge in [0.25, 0.3) is 5.91 Å². The monoisotopic (exact) mass is 571 g/mol. The fourth-order valence-corrected chi connectivity index (χ4v) is 4.33. The Bertz CT molecular complexity index is 1370. The second kappa shape index (κ2) is 14.3. The number of nitrogens with one attached hydrogen (secondary N) is 1. The van der Waals surface area contributed by atoms with Gasteiger partial charge in [-0.15, -0.1) is 0 Å². The minimum atomic E-state index is -0.517. The minimum Gasteiger partial charge on any atom is -0.490 e. The van der Waals surface area contributed by atoms with Crippen LogP contribution in [0.4, 0.5) is 4.79 Å². The number of hydrogen-bond acceptors (Lipinski definition) is 7. The highest BCUT2D eigenvalue weighted by atomic mass is 16.6. The number of nitrogens with zero attached hydrogens (tertiary/aromatic N) is 2. The summed E-state index contributed by atoms with van der Waals surface area (Å²) in [7, 11) is 0. The van der Waals surface area contributed by atoms with E-state index in [0.717, 1.165) is 5.56 Å². The number of rotatable bonds is 10. The summed E-state index contributed by atoms with van der Waals surface area (Å²) in [5.41, 5.74) is 1.45. The van der Waals surface area contributed by atoms with Gasteiger partial charge in [0, 0.05) is 37.6 Å². The lowest BCUT2D eigenvalue weighted by Gasteiger charge is -2.33. The SMILES string of the molecule is CC(C)(C)OC(=O)N1CCC(Oc2ccc(C(=O)NCCOc3cc(C#N)ccc3OCc3ccccc3)cc2)CC1. The number of carbonyl (C=O) groups is 2. The zero-order valence-corrected chi connectivity index (χ0v) is 24.3. The van der Waals surface area contributed by atoms with Gasteiger partial charge in [-0.1, -0.05) is 30.3 Å². The summed E-state index contributed by atoms with van der Waals surface area (Å²) < 4.78 is 23.3. The lowest BCUT2D eigenvalue weighted by atomic mass is 10.1. The summed E-state index contributed by atoms with van der Waals surface area (Å²) in [5, 5.41) is 12.1. The van der Waals surface area contributed by atoms with Gasteiger partial charge < -0.3 is 29.2 Å². The van der Waals surface area contributed by atoms with Gasteiger partial charge in [0.15, 0.2) is 11.5 Å². The standard InChI is InChI=1S/C33H37N3O6/c1-33(2,3)42-32(38)36-18-15-28(16-19-36)41-27-12-10-26(11-13-27)31(37)35-17-20-39-30-21-25(22-34)9-14-29(30)40-23-24-7-5-4-6-8-24/h4-14,21,28H,15-20,23H2,1-3H3,(H,35,37). The number of nitriles is 1. The zero-order valence-electron chi connectivity index (χ0n) is 24.3. The van der Waals surface area contributed by atoms with Crippen LogP contribution in [-0.2, 0) is 11.3 Å². The molecule has 1 saturated heterocycles. The molecule has 42 heavy (non-hydrogen) atoms. The van der Waals surface area contributed by atoms with Gasteiger partial charge in [0.2, 0.25) is 0 Å². The molecule has 0 radical (unpaired) electrons. The number of hydrogen-bond donors (Lipinski definition) is 1. The molecular formula is C33H37N3O6. The van der Waals surface area contributed by atoms with Crippen LogP contribution in [0.2, 0.25) is 0 Å². The van der Waals surface area contributed by atoms with E-state index in [1.807, 2.05) is 51.1 Å². The first-order chi connectivity index (χ1) is 20.2. The van der Waals surface area contributed by atoms with Crippen molar-refractivity contribution in [1.29, 1.82) is 5.26 Å². The molecule has 3 aromatic rings. The molecule has 0 spiro atoms. The molecule has 9 nitrogen and oxygen atoms in total. The molecule has 2 amide bonds. The Labute approximate surface area is 246 Å². The largest absolute Gasteiger partial charge is 0.490 e. The molecular weight excluding hydrogens is 534 g/mol. The molecule has 1 N–H and O–H groups in total. The third-order valence-electron chi connectivity index (χ3n) is 6.47. The molecule has 1 heterocycles. The summed E-state index contributed by atoms with van der Waals surface area (Å²) in [6.45, 7) is 7.54. The van der Waals surface area contributed by atoms with Crippen molar-refractivity contribution in [2.45, 2.75) is 51.9 Å². The lowest BCUT2D eigenvalue weighted by Crippen LogP contribution is -2.44. The topological polar surface area (TPSA) is 110 Å². The fraction of sp³-hybridized carbons (Fsp3) is 0.364. The van der Waals surface area contributed by atoms with Crippen LogP contribution < -0.4 is 19.5 Å². The summed E-state index contributed by atoms with van der Waals surface area (Å²) >= 11 is 0. The average Bonchev–Trinajstić information content (AvgIpc) is 2.99. The third-order valence-corrected chi connectivity index (χ3v) is 6.47. The molecule has 1 aliphatic heterocycles. The highest BCUT2D eigenvalue weighted by molar-refractivity contribution is 5.94. The molecule has 1 aliphatic rings. The summed E-state index contributed by atoms with van der Waals surface area (Å²) in [6.07, 6.45) is 1.10. The number of benzene rings is 3. The Kier molecular flexibility index (Phi) is 10.3. The number of carbonyl (C=O) groups excluding carboxylic acids is 2. The number of ether oxygens (including phenoxy) is 4. The predicted octanol–water partition coefficient (Wildman–Crippen LogP) is 5.72. The van der Waals surface area contributed by atoms with Crippen LogP contribution >= 0.6 is 0 Å². The molecule has 220 valence electrons. The third kappa shape index (κ3) is 9.16. The normalized spacial score (nSPS) is 13.5. The Morgan fingerprint density at radius 3 is 2.33 bits per heavy atom. The van der Waals surface area contributed by atoms with Crippen LogP contribution in [0, 0.1) is 11.3 Å². The van der Waals surface area contributed by atoms with Crippen LogP contribution in [-0.4, -0.2) is 54.8 Å². The maximum atomic E-state index is 12.7. The van der Waals surface area contributed by atoms with Crippen LogP contribution in [0.15, 0.2) is 72.8 Å². The summed E-state index contributed by atoms with van der Waals surface area (Å²) in [5.74, 6) is 1.40. The molecule has 0 unspecified atom stereocenters. The zero-order chi connectivity index (χ0) is 30.0. The van der Waals surface area contributed by atoms with Crippen molar-refractivity contribution >= 4 is 12.0 Å². The Hall–Kier alpha value is -4.71. The summed E-state index contributed by atoms with van der Waals surface area (Å²) in [6, 6.07) is 23.9. The molecule has 9 heteroatoms. The predicted molar refractivity (Wildman–Crippen MR) is 158 cm³/mol. The molecule has 0 aliphatic carbocycles. The number of likely N-dealkylation sites (tertiary alicyclic amines) is 1. The van der Waals surface area contributed by atoms with E-state index in [1.54, 1.807) is 47.4 Å². The van der Waals surface area contributed by atoms with E-state index in [4.69, 9.17) is 18.9 Å². The Morgan fingerprint density at radius 2 is 1.67 bits per heavy atom. The highest BCUT2D eigenvalue weighted by Crippen LogP contribution is 2.29. The van der Waals surface area contributed by atoms with E-state index >= 15 is 0 Å². The van der Waals surface area contributed by atoms with Crippen LogP contribution in [0.1, 0.15) is 55.1 Å². The van der Waals surface area contributed by atoms with E-state index in [1.165, 1.54) is 0 Å². The minimum absolute atomic E-state index is 0.0124. The number of amides is 2. The number of piperidine rings is 1. The van der Waals surface area contributed by atoms with Crippen molar-refractivity contribution in [2.75, 3.05) is 26.2 Å². The highest BCUT2D eigenvalue weighted by Gasteiger charge is 2.27. The molecule has 0 bridgehead atoms. The van der Waals surface area contributed by atoms with Crippen molar-refractivity contribution in [1.82, 2.24) is 10.2 Å². The van der Waals surface area contributed by atoms with Crippen molar-refractivity contribution in [2.24, 2.45) is 0 Å². The maximum Gasteiger partial charge on any atom is 0.410 e. The van der Waals surface area contributed by atoms with Crippen LogP contribution in [0.5, 0.6) is 17.2 Å². The lowest BCUT2D eigenvalue weighted by molar-refractivity contribution is 0.0126. The van der Waals surface area contributed by atoms with Gasteiger partial charge in [-0.05, 0) is 62.7 Å². The molecule has 0 saturated carbocycles. The average molecular weight is 572 g/mol. The van der Waals surface area contributed by atoms with Crippen LogP contribution in [0.25, 0.3) is 0 Å². The van der Waals surface area contributed by atoms with Gasteiger partial charge >= 0.3 is 6.09 Å². The molecule has 4 rings (SSSR count). The Balaban J connectivity index is 1.21. The summed E-state index contributed by atoms with van der Waals surface area (Å²) in [4.78, 5) is 26.6. The second-order valence-corrected chi connectivity index (χ2v) is 11.0. The van der Waals surface area contributed by atoms with Gasteiger partial charge in [0.1, 0.15) is 30.7 Å². The van der Waals surface area contributed by atoms with E-state index in [-0.39, 0.29) is 31.3 Å².